The molecule has 0 bridgehead atoms. The number of ether oxygens (including phenoxy) is 2. The van der Waals surface area contributed by atoms with Crippen LogP contribution in [0.5, 0.6) is 0 Å². The average Bonchev–Trinajstić information content (AvgIpc) is 2.19. The highest BCUT2D eigenvalue weighted by Gasteiger charge is 2.38. The SMILES string of the molecule is CC(C)OC(C)CC(C)(C)OC(=O)C(CC(C)(C)C)C(C)(C)C. The fourth-order valence-corrected chi connectivity index (χ4v) is 2.95. The zero-order chi connectivity index (χ0) is 18.6. The van der Waals surface area contributed by atoms with Gasteiger partial charge in [-0.05, 0) is 51.9 Å². The first-order chi connectivity index (χ1) is 10.0. The maximum absolute atomic E-state index is 12.8. The molecule has 0 saturated heterocycles. The molecule has 0 aromatic heterocycles. The van der Waals surface area contributed by atoms with E-state index >= 15 is 0 Å². The third kappa shape index (κ3) is 10.0. The van der Waals surface area contributed by atoms with E-state index in [0.29, 0.717) is 6.42 Å². The molecule has 138 valence electrons. The zero-order valence-electron chi connectivity index (χ0n) is 17.4. The van der Waals surface area contributed by atoms with Crippen LogP contribution in [0.2, 0.25) is 0 Å². The van der Waals surface area contributed by atoms with Gasteiger partial charge >= 0.3 is 5.97 Å². The van der Waals surface area contributed by atoms with Crippen LogP contribution in [-0.2, 0) is 14.3 Å². The molecule has 0 aliphatic carbocycles. The zero-order valence-corrected chi connectivity index (χ0v) is 17.4. The Balaban J connectivity index is 4.96. The highest BCUT2D eigenvalue weighted by molar-refractivity contribution is 5.73. The second-order valence-electron chi connectivity index (χ2n) is 10.1. The van der Waals surface area contributed by atoms with E-state index in [1.54, 1.807) is 0 Å². The molecule has 0 N–H and O–H groups in total. The summed E-state index contributed by atoms with van der Waals surface area (Å²) in [7, 11) is 0. The second-order valence-corrected chi connectivity index (χ2v) is 10.1. The van der Waals surface area contributed by atoms with Crippen LogP contribution < -0.4 is 0 Å². The van der Waals surface area contributed by atoms with Crippen LogP contribution in [0.1, 0.15) is 89.0 Å². The predicted octanol–water partition coefficient (Wildman–Crippen LogP) is 5.61. The summed E-state index contributed by atoms with van der Waals surface area (Å²) >= 11 is 0. The van der Waals surface area contributed by atoms with Crippen LogP contribution in [0.3, 0.4) is 0 Å². The highest BCUT2D eigenvalue weighted by Crippen LogP contribution is 2.38. The summed E-state index contributed by atoms with van der Waals surface area (Å²) < 4.78 is 11.7. The van der Waals surface area contributed by atoms with Crippen LogP contribution in [0, 0.1) is 16.7 Å². The summed E-state index contributed by atoms with van der Waals surface area (Å²) in [6.45, 7) is 22.9. The normalized spacial score (nSPS) is 16.3. The third-order valence-electron chi connectivity index (χ3n) is 3.81. The van der Waals surface area contributed by atoms with Crippen molar-refractivity contribution < 1.29 is 14.3 Å². The highest BCUT2D eigenvalue weighted by atomic mass is 16.6. The Bertz CT molecular complexity index is 369. The molecule has 0 aliphatic rings. The lowest BCUT2D eigenvalue weighted by Crippen LogP contribution is -2.40. The quantitative estimate of drug-likeness (QED) is 0.570. The van der Waals surface area contributed by atoms with Gasteiger partial charge in [0.25, 0.3) is 0 Å². The first-order valence-corrected chi connectivity index (χ1v) is 8.92. The fraction of sp³-hybridized carbons (Fsp3) is 0.950. The van der Waals surface area contributed by atoms with Gasteiger partial charge in [-0.3, -0.25) is 4.79 Å². The molecule has 3 nitrogen and oxygen atoms in total. The molecule has 0 aromatic carbocycles. The Labute approximate surface area is 144 Å². The molecule has 23 heavy (non-hydrogen) atoms. The van der Waals surface area contributed by atoms with Gasteiger partial charge in [0.2, 0.25) is 0 Å². The molecule has 0 aliphatic heterocycles. The van der Waals surface area contributed by atoms with Gasteiger partial charge in [0.1, 0.15) is 5.60 Å². The minimum absolute atomic E-state index is 0.0634. The van der Waals surface area contributed by atoms with Gasteiger partial charge in [-0.25, -0.2) is 0 Å². The lowest BCUT2D eigenvalue weighted by atomic mass is 9.72. The van der Waals surface area contributed by atoms with Crippen molar-refractivity contribution in [2.24, 2.45) is 16.7 Å². The van der Waals surface area contributed by atoms with E-state index in [4.69, 9.17) is 9.47 Å². The van der Waals surface area contributed by atoms with Crippen molar-refractivity contribution in [3.63, 3.8) is 0 Å². The van der Waals surface area contributed by atoms with Gasteiger partial charge in [-0.2, -0.15) is 0 Å². The Morgan fingerprint density at radius 1 is 0.870 bits per heavy atom. The first kappa shape index (κ1) is 22.4. The number of carbonyl (C=O) groups is 1. The van der Waals surface area contributed by atoms with Crippen LogP contribution in [0.25, 0.3) is 0 Å². The number of esters is 1. The molecule has 0 fully saturated rings. The van der Waals surface area contributed by atoms with Crippen molar-refractivity contribution in [2.75, 3.05) is 0 Å². The number of hydrogen-bond acceptors (Lipinski definition) is 3. The molecule has 0 radical (unpaired) electrons. The fourth-order valence-electron chi connectivity index (χ4n) is 2.95. The lowest BCUT2D eigenvalue weighted by Gasteiger charge is -2.37. The summed E-state index contributed by atoms with van der Waals surface area (Å²) in [5.41, 5.74) is -0.539. The van der Waals surface area contributed by atoms with Crippen molar-refractivity contribution in [2.45, 2.75) is 107 Å². The molecule has 3 heteroatoms. The van der Waals surface area contributed by atoms with Crippen LogP contribution >= 0.6 is 0 Å². The van der Waals surface area contributed by atoms with Crippen LogP contribution in [-0.4, -0.2) is 23.8 Å². The van der Waals surface area contributed by atoms with Gasteiger partial charge in [0.05, 0.1) is 18.1 Å². The third-order valence-corrected chi connectivity index (χ3v) is 3.81. The summed E-state index contributed by atoms with van der Waals surface area (Å²) in [5.74, 6) is -0.197. The Morgan fingerprint density at radius 2 is 1.35 bits per heavy atom. The number of rotatable bonds is 7. The van der Waals surface area contributed by atoms with Crippen LogP contribution in [0.15, 0.2) is 0 Å². The molecule has 0 aromatic rings. The molecule has 2 atom stereocenters. The molecule has 0 rings (SSSR count). The van der Waals surface area contributed by atoms with E-state index in [9.17, 15) is 4.79 Å². The largest absolute Gasteiger partial charge is 0.459 e. The summed E-state index contributed by atoms with van der Waals surface area (Å²) in [4.78, 5) is 12.8. The minimum Gasteiger partial charge on any atom is -0.459 e. The van der Waals surface area contributed by atoms with Crippen molar-refractivity contribution in [3.8, 4) is 0 Å². The van der Waals surface area contributed by atoms with Gasteiger partial charge < -0.3 is 9.47 Å². The second kappa shape index (κ2) is 8.00. The van der Waals surface area contributed by atoms with Gasteiger partial charge in [0.15, 0.2) is 0 Å². The first-order valence-electron chi connectivity index (χ1n) is 8.92. The Kier molecular flexibility index (Phi) is 7.81. The van der Waals surface area contributed by atoms with Gasteiger partial charge in [-0.15, -0.1) is 0 Å². The topological polar surface area (TPSA) is 35.5 Å². The molecule has 0 saturated carbocycles. The van der Waals surface area contributed by atoms with Crippen molar-refractivity contribution in [1.29, 1.82) is 0 Å². The van der Waals surface area contributed by atoms with E-state index < -0.39 is 5.60 Å². The minimum atomic E-state index is -0.521. The predicted molar refractivity (Wildman–Crippen MR) is 97.5 cm³/mol. The van der Waals surface area contributed by atoms with Gasteiger partial charge in [0, 0.05) is 6.42 Å². The summed E-state index contributed by atoms with van der Waals surface area (Å²) in [6.07, 6.45) is 1.76. The van der Waals surface area contributed by atoms with E-state index in [2.05, 4.69) is 41.5 Å². The molecular weight excluding hydrogens is 288 g/mol. The lowest BCUT2D eigenvalue weighted by molar-refractivity contribution is -0.170. The summed E-state index contributed by atoms with van der Waals surface area (Å²) in [6, 6.07) is 0. The Hall–Kier alpha value is -0.570. The molecule has 2 unspecified atom stereocenters. The molecule has 0 amide bonds. The smallest absolute Gasteiger partial charge is 0.310 e. The van der Waals surface area contributed by atoms with Crippen LogP contribution in [0.4, 0.5) is 0 Å². The summed E-state index contributed by atoms with van der Waals surface area (Å²) in [5, 5.41) is 0. The van der Waals surface area contributed by atoms with E-state index in [-0.39, 0.29) is 34.9 Å². The van der Waals surface area contributed by atoms with E-state index in [0.717, 1.165) is 6.42 Å². The molecule has 0 heterocycles. The number of hydrogen-bond donors (Lipinski definition) is 0. The number of carbonyl (C=O) groups excluding carboxylic acids is 1. The van der Waals surface area contributed by atoms with E-state index in [1.807, 2.05) is 34.6 Å². The maximum atomic E-state index is 12.8. The standard InChI is InChI=1S/C20H40O3/c1-14(2)22-15(3)12-20(10,11)23-17(21)16(19(7,8)9)13-18(4,5)6/h14-16H,12-13H2,1-11H3. The molecule has 0 spiro atoms. The van der Waals surface area contributed by atoms with Gasteiger partial charge in [-0.1, -0.05) is 41.5 Å². The van der Waals surface area contributed by atoms with E-state index in [1.165, 1.54) is 0 Å². The maximum Gasteiger partial charge on any atom is 0.310 e. The average molecular weight is 329 g/mol. The Morgan fingerprint density at radius 3 is 1.70 bits per heavy atom. The monoisotopic (exact) mass is 328 g/mol. The van der Waals surface area contributed by atoms with Crippen molar-refractivity contribution in [1.82, 2.24) is 0 Å². The van der Waals surface area contributed by atoms with Crippen molar-refractivity contribution >= 4 is 5.97 Å². The molecular formula is C20H40O3. The van der Waals surface area contributed by atoms with Crippen molar-refractivity contribution in [3.05, 3.63) is 0 Å².